The number of imidazole rings is 1. The van der Waals surface area contributed by atoms with Gasteiger partial charge in [-0.2, -0.15) is 0 Å². The van der Waals surface area contributed by atoms with Crippen LogP contribution in [0.3, 0.4) is 0 Å². The number of rotatable bonds is 1. The van der Waals surface area contributed by atoms with Crippen LogP contribution >= 0.6 is 0 Å². The average Bonchev–Trinajstić information content (AvgIpc) is 2.90. The van der Waals surface area contributed by atoms with Crippen LogP contribution in [0, 0.1) is 0 Å². The molecule has 3 aromatic heterocycles. The Morgan fingerprint density at radius 1 is 0.947 bits per heavy atom. The van der Waals surface area contributed by atoms with Gasteiger partial charge in [0, 0.05) is 5.39 Å². The quantitative estimate of drug-likeness (QED) is 0.561. The van der Waals surface area contributed by atoms with Crippen molar-refractivity contribution in [3.63, 3.8) is 0 Å². The molecule has 0 aliphatic rings. The Morgan fingerprint density at radius 2 is 1.89 bits per heavy atom. The standard InChI is InChI=1S/C14H9N5/c1-2-4-10-9(3-1)5-6-11(17-10)14-18-12-7-15-8-16-13(12)19-14/h1-8H,(H,15,16,18,19). The maximum absolute atomic E-state index is 4.60. The van der Waals surface area contributed by atoms with Gasteiger partial charge >= 0.3 is 0 Å². The van der Waals surface area contributed by atoms with Gasteiger partial charge in [-0.3, -0.25) is 0 Å². The van der Waals surface area contributed by atoms with Crippen molar-refractivity contribution in [3.8, 4) is 11.5 Å². The third-order valence-corrected chi connectivity index (χ3v) is 3.00. The zero-order valence-corrected chi connectivity index (χ0v) is 9.91. The molecule has 0 spiro atoms. The molecule has 4 aromatic rings. The van der Waals surface area contributed by atoms with Crippen molar-refractivity contribution in [1.82, 2.24) is 24.9 Å². The Labute approximate surface area is 108 Å². The van der Waals surface area contributed by atoms with E-state index < -0.39 is 0 Å². The number of hydrogen-bond donors (Lipinski definition) is 1. The summed E-state index contributed by atoms with van der Waals surface area (Å²) in [7, 11) is 0. The smallest absolute Gasteiger partial charge is 0.181 e. The van der Waals surface area contributed by atoms with E-state index in [1.807, 2.05) is 36.4 Å². The first-order valence-corrected chi connectivity index (χ1v) is 5.92. The highest BCUT2D eigenvalue weighted by molar-refractivity contribution is 5.81. The molecule has 0 fully saturated rings. The number of aromatic amines is 1. The molecule has 3 heterocycles. The first kappa shape index (κ1) is 10.1. The lowest BCUT2D eigenvalue weighted by molar-refractivity contribution is 1.20. The monoisotopic (exact) mass is 247 g/mol. The SMILES string of the molecule is c1ccc2nc(-c3nc4ncncc4[nH]3)ccc2c1. The van der Waals surface area contributed by atoms with Crippen molar-refractivity contribution in [2.24, 2.45) is 0 Å². The lowest BCUT2D eigenvalue weighted by Gasteiger charge is -1.99. The van der Waals surface area contributed by atoms with E-state index in [0.29, 0.717) is 11.5 Å². The van der Waals surface area contributed by atoms with Gasteiger partial charge in [-0.25, -0.2) is 19.9 Å². The van der Waals surface area contributed by atoms with Gasteiger partial charge in [-0.1, -0.05) is 24.3 Å². The van der Waals surface area contributed by atoms with E-state index in [2.05, 4.69) is 24.9 Å². The normalized spacial score (nSPS) is 11.2. The van der Waals surface area contributed by atoms with Crippen LogP contribution in [0.4, 0.5) is 0 Å². The second-order valence-corrected chi connectivity index (χ2v) is 4.23. The molecule has 5 nitrogen and oxygen atoms in total. The summed E-state index contributed by atoms with van der Waals surface area (Å²) < 4.78 is 0. The lowest BCUT2D eigenvalue weighted by Crippen LogP contribution is -1.86. The maximum Gasteiger partial charge on any atom is 0.181 e. The summed E-state index contributed by atoms with van der Waals surface area (Å²) in [4.78, 5) is 20.3. The maximum atomic E-state index is 4.60. The summed E-state index contributed by atoms with van der Waals surface area (Å²) in [5.74, 6) is 0.709. The molecule has 0 saturated carbocycles. The first-order chi connectivity index (χ1) is 9.40. The van der Waals surface area contributed by atoms with Gasteiger partial charge in [0.15, 0.2) is 11.5 Å². The number of benzene rings is 1. The highest BCUT2D eigenvalue weighted by Crippen LogP contribution is 2.20. The number of H-pyrrole nitrogens is 1. The number of fused-ring (bicyclic) bond motifs is 2. The number of aromatic nitrogens is 5. The second-order valence-electron chi connectivity index (χ2n) is 4.23. The Morgan fingerprint density at radius 3 is 2.84 bits per heavy atom. The minimum Gasteiger partial charge on any atom is -0.334 e. The molecule has 90 valence electrons. The van der Waals surface area contributed by atoms with Crippen LogP contribution in [-0.2, 0) is 0 Å². The van der Waals surface area contributed by atoms with Gasteiger partial charge < -0.3 is 4.98 Å². The molecule has 0 bridgehead atoms. The van der Waals surface area contributed by atoms with Crippen molar-refractivity contribution >= 4 is 22.1 Å². The molecular weight excluding hydrogens is 238 g/mol. The fourth-order valence-corrected chi connectivity index (χ4v) is 2.08. The van der Waals surface area contributed by atoms with Gasteiger partial charge in [0.05, 0.1) is 11.7 Å². The molecule has 1 N–H and O–H groups in total. The van der Waals surface area contributed by atoms with Crippen LogP contribution in [0.2, 0.25) is 0 Å². The Bertz CT molecular complexity index is 848. The molecule has 1 aromatic carbocycles. The van der Waals surface area contributed by atoms with Gasteiger partial charge in [0.1, 0.15) is 17.5 Å². The summed E-state index contributed by atoms with van der Waals surface area (Å²) >= 11 is 0. The number of pyridine rings is 1. The fourth-order valence-electron chi connectivity index (χ4n) is 2.08. The minimum atomic E-state index is 0.653. The largest absolute Gasteiger partial charge is 0.334 e. The summed E-state index contributed by atoms with van der Waals surface area (Å²) in [5.41, 5.74) is 3.22. The topological polar surface area (TPSA) is 67.3 Å². The lowest BCUT2D eigenvalue weighted by atomic mass is 10.2. The van der Waals surface area contributed by atoms with E-state index in [-0.39, 0.29) is 0 Å². The molecule has 0 aliphatic carbocycles. The molecule has 0 saturated heterocycles. The van der Waals surface area contributed by atoms with E-state index in [4.69, 9.17) is 0 Å². The molecule has 19 heavy (non-hydrogen) atoms. The molecule has 5 heteroatoms. The number of para-hydroxylation sites is 1. The number of nitrogens with zero attached hydrogens (tertiary/aromatic N) is 4. The van der Waals surface area contributed by atoms with Gasteiger partial charge in [-0.15, -0.1) is 0 Å². The zero-order valence-electron chi connectivity index (χ0n) is 9.91. The molecular formula is C14H9N5. The van der Waals surface area contributed by atoms with E-state index in [9.17, 15) is 0 Å². The van der Waals surface area contributed by atoms with E-state index >= 15 is 0 Å². The molecule has 0 atom stereocenters. The Kier molecular flexibility index (Phi) is 2.05. The van der Waals surface area contributed by atoms with Gasteiger partial charge in [0.25, 0.3) is 0 Å². The molecule has 0 radical (unpaired) electrons. The van der Waals surface area contributed by atoms with Crippen LogP contribution in [0.25, 0.3) is 33.6 Å². The highest BCUT2D eigenvalue weighted by Gasteiger charge is 2.07. The van der Waals surface area contributed by atoms with Crippen LogP contribution in [0.15, 0.2) is 48.9 Å². The van der Waals surface area contributed by atoms with Crippen molar-refractivity contribution in [2.45, 2.75) is 0 Å². The summed E-state index contributed by atoms with van der Waals surface area (Å²) in [6, 6.07) is 12.0. The van der Waals surface area contributed by atoms with Crippen LogP contribution in [-0.4, -0.2) is 24.9 Å². The highest BCUT2D eigenvalue weighted by atomic mass is 15.0. The van der Waals surface area contributed by atoms with Crippen molar-refractivity contribution in [1.29, 1.82) is 0 Å². The molecule has 0 amide bonds. The molecule has 0 aliphatic heterocycles. The van der Waals surface area contributed by atoms with E-state index in [0.717, 1.165) is 22.1 Å². The average molecular weight is 247 g/mol. The Balaban J connectivity index is 1.93. The second kappa shape index (κ2) is 3.84. The van der Waals surface area contributed by atoms with Crippen molar-refractivity contribution in [2.75, 3.05) is 0 Å². The third kappa shape index (κ3) is 1.63. The van der Waals surface area contributed by atoms with Crippen LogP contribution in [0.1, 0.15) is 0 Å². The fraction of sp³-hybridized carbons (Fsp3) is 0. The van der Waals surface area contributed by atoms with Crippen LogP contribution in [0.5, 0.6) is 0 Å². The van der Waals surface area contributed by atoms with E-state index in [1.54, 1.807) is 6.20 Å². The summed E-state index contributed by atoms with van der Waals surface area (Å²) in [6.07, 6.45) is 3.20. The van der Waals surface area contributed by atoms with E-state index in [1.165, 1.54) is 6.33 Å². The number of nitrogens with one attached hydrogen (secondary N) is 1. The number of hydrogen-bond acceptors (Lipinski definition) is 4. The first-order valence-electron chi connectivity index (χ1n) is 5.92. The third-order valence-electron chi connectivity index (χ3n) is 3.00. The minimum absolute atomic E-state index is 0.653. The van der Waals surface area contributed by atoms with Crippen LogP contribution < -0.4 is 0 Å². The molecule has 4 rings (SSSR count). The molecule has 0 unspecified atom stereocenters. The van der Waals surface area contributed by atoms with Crippen molar-refractivity contribution in [3.05, 3.63) is 48.9 Å². The predicted molar refractivity (Wildman–Crippen MR) is 72.4 cm³/mol. The summed E-state index contributed by atoms with van der Waals surface area (Å²) in [5, 5.41) is 1.11. The van der Waals surface area contributed by atoms with Gasteiger partial charge in [-0.05, 0) is 12.1 Å². The Hall–Kier alpha value is -2.82. The van der Waals surface area contributed by atoms with Crippen molar-refractivity contribution < 1.29 is 0 Å². The zero-order chi connectivity index (χ0) is 12.7. The van der Waals surface area contributed by atoms with Gasteiger partial charge in [0.2, 0.25) is 0 Å². The summed E-state index contributed by atoms with van der Waals surface area (Å²) in [6.45, 7) is 0. The predicted octanol–water partition coefficient (Wildman–Crippen LogP) is 2.57.